The smallest absolute Gasteiger partial charge is 0.210 e. The number of amides is 1. The SMILES string of the molecule is COC1=CCC2=C(CCN(C=O)C2Cc2cc(O)c(O)cc2C)C1. The zero-order chi connectivity index (χ0) is 17.3. The zero-order valence-electron chi connectivity index (χ0n) is 14.1. The minimum absolute atomic E-state index is 0.0106. The van der Waals surface area contributed by atoms with E-state index in [0.717, 1.165) is 42.6 Å². The van der Waals surface area contributed by atoms with Gasteiger partial charge in [0.05, 0.1) is 18.9 Å². The van der Waals surface area contributed by atoms with E-state index in [1.165, 1.54) is 11.1 Å². The molecule has 5 nitrogen and oxygen atoms in total. The molecule has 0 radical (unpaired) electrons. The van der Waals surface area contributed by atoms with Gasteiger partial charge in [-0.3, -0.25) is 4.79 Å². The Balaban J connectivity index is 1.92. The lowest BCUT2D eigenvalue weighted by atomic mass is 9.82. The number of hydrogen-bond donors (Lipinski definition) is 2. The maximum absolute atomic E-state index is 11.5. The molecular weight excluding hydrogens is 306 g/mol. The molecule has 0 saturated carbocycles. The first-order valence-corrected chi connectivity index (χ1v) is 8.19. The molecule has 1 heterocycles. The van der Waals surface area contributed by atoms with E-state index in [0.29, 0.717) is 13.0 Å². The number of benzene rings is 1. The predicted molar refractivity (Wildman–Crippen MR) is 90.7 cm³/mol. The quantitative estimate of drug-likeness (QED) is 0.506. The minimum Gasteiger partial charge on any atom is -0.504 e. The summed E-state index contributed by atoms with van der Waals surface area (Å²) in [4.78, 5) is 13.4. The molecule has 0 bridgehead atoms. The molecule has 1 atom stereocenters. The monoisotopic (exact) mass is 329 g/mol. The fraction of sp³-hybridized carbons (Fsp3) is 0.421. The number of phenols is 2. The highest BCUT2D eigenvalue weighted by Crippen LogP contribution is 2.37. The Morgan fingerprint density at radius 2 is 2.08 bits per heavy atom. The van der Waals surface area contributed by atoms with Crippen molar-refractivity contribution in [2.75, 3.05) is 13.7 Å². The molecule has 3 rings (SSSR count). The van der Waals surface area contributed by atoms with Gasteiger partial charge < -0.3 is 19.8 Å². The van der Waals surface area contributed by atoms with Crippen LogP contribution in [-0.4, -0.2) is 41.2 Å². The number of aromatic hydroxyl groups is 2. The molecule has 0 aromatic heterocycles. The van der Waals surface area contributed by atoms with Crippen molar-refractivity contribution in [1.29, 1.82) is 0 Å². The number of carbonyl (C=O) groups excluding carboxylic acids is 1. The van der Waals surface area contributed by atoms with Crippen LogP contribution in [0, 0.1) is 6.92 Å². The number of phenolic OH excluding ortho intramolecular Hbond substituents is 2. The molecular formula is C19H23NO4. The van der Waals surface area contributed by atoms with E-state index in [-0.39, 0.29) is 17.5 Å². The van der Waals surface area contributed by atoms with Crippen molar-refractivity contribution >= 4 is 6.41 Å². The van der Waals surface area contributed by atoms with Crippen LogP contribution in [0.1, 0.15) is 30.4 Å². The normalized spacial score (nSPS) is 20.5. The van der Waals surface area contributed by atoms with Gasteiger partial charge in [0.2, 0.25) is 6.41 Å². The second kappa shape index (κ2) is 6.59. The molecule has 24 heavy (non-hydrogen) atoms. The van der Waals surface area contributed by atoms with Crippen molar-refractivity contribution in [2.24, 2.45) is 0 Å². The van der Waals surface area contributed by atoms with Crippen molar-refractivity contribution in [2.45, 2.75) is 38.6 Å². The van der Waals surface area contributed by atoms with E-state index >= 15 is 0 Å². The molecule has 0 saturated heterocycles. The third kappa shape index (κ3) is 2.98. The van der Waals surface area contributed by atoms with Crippen LogP contribution in [0.4, 0.5) is 0 Å². The predicted octanol–water partition coefficient (Wildman–Crippen LogP) is 2.80. The highest BCUT2D eigenvalue weighted by molar-refractivity contribution is 5.53. The maximum Gasteiger partial charge on any atom is 0.210 e. The number of methoxy groups -OCH3 is 1. The fourth-order valence-electron chi connectivity index (χ4n) is 3.68. The van der Waals surface area contributed by atoms with E-state index in [4.69, 9.17) is 4.74 Å². The second-order valence-corrected chi connectivity index (χ2v) is 6.46. The topological polar surface area (TPSA) is 70.0 Å². The van der Waals surface area contributed by atoms with Crippen molar-refractivity contribution in [3.8, 4) is 11.5 Å². The van der Waals surface area contributed by atoms with Gasteiger partial charge in [-0.2, -0.15) is 0 Å². The number of ether oxygens (including phenoxy) is 1. The van der Waals surface area contributed by atoms with Gasteiger partial charge in [0.25, 0.3) is 0 Å². The molecule has 1 aliphatic carbocycles. The average molecular weight is 329 g/mol. The molecule has 1 aromatic rings. The van der Waals surface area contributed by atoms with Crippen molar-refractivity contribution < 1.29 is 19.7 Å². The summed E-state index contributed by atoms with van der Waals surface area (Å²) in [5, 5.41) is 19.4. The van der Waals surface area contributed by atoms with Gasteiger partial charge in [0.1, 0.15) is 0 Å². The van der Waals surface area contributed by atoms with E-state index < -0.39 is 0 Å². The summed E-state index contributed by atoms with van der Waals surface area (Å²) >= 11 is 0. The number of hydrogen-bond acceptors (Lipinski definition) is 4. The summed E-state index contributed by atoms with van der Waals surface area (Å²) in [6.07, 6.45) is 6.12. The van der Waals surface area contributed by atoms with Gasteiger partial charge in [0, 0.05) is 13.0 Å². The Kier molecular flexibility index (Phi) is 4.51. The van der Waals surface area contributed by atoms with E-state index in [1.54, 1.807) is 19.2 Å². The average Bonchev–Trinajstić information content (AvgIpc) is 2.59. The van der Waals surface area contributed by atoms with Crippen LogP contribution in [0.15, 0.2) is 35.1 Å². The Morgan fingerprint density at radius 3 is 2.79 bits per heavy atom. The first-order chi connectivity index (χ1) is 11.5. The van der Waals surface area contributed by atoms with Crippen LogP contribution in [0.25, 0.3) is 0 Å². The Bertz CT molecular complexity index is 720. The van der Waals surface area contributed by atoms with Gasteiger partial charge in [-0.1, -0.05) is 5.57 Å². The molecule has 5 heteroatoms. The summed E-state index contributed by atoms with van der Waals surface area (Å²) in [6, 6.07) is 3.16. The molecule has 1 aromatic carbocycles. The lowest BCUT2D eigenvalue weighted by Gasteiger charge is -2.38. The lowest BCUT2D eigenvalue weighted by molar-refractivity contribution is -0.119. The highest BCUT2D eigenvalue weighted by Gasteiger charge is 2.31. The first-order valence-electron chi connectivity index (χ1n) is 8.19. The third-order valence-corrected chi connectivity index (χ3v) is 5.11. The van der Waals surface area contributed by atoms with Crippen LogP contribution in [0.3, 0.4) is 0 Å². The molecule has 1 amide bonds. The van der Waals surface area contributed by atoms with Gasteiger partial charge in [-0.25, -0.2) is 0 Å². The maximum atomic E-state index is 11.5. The summed E-state index contributed by atoms with van der Waals surface area (Å²) in [6.45, 7) is 2.61. The van der Waals surface area contributed by atoms with Crippen LogP contribution in [0.5, 0.6) is 11.5 Å². The number of allylic oxidation sites excluding steroid dienone is 2. The summed E-state index contributed by atoms with van der Waals surface area (Å²) in [5.41, 5.74) is 4.49. The van der Waals surface area contributed by atoms with E-state index in [1.807, 2.05) is 11.8 Å². The third-order valence-electron chi connectivity index (χ3n) is 5.11. The molecule has 1 aliphatic heterocycles. The zero-order valence-corrected chi connectivity index (χ0v) is 14.1. The summed E-state index contributed by atoms with van der Waals surface area (Å²) in [7, 11) is 1.69. The first kappa shape index (κ1) is 16.4. The molecule has 128 valence electrons. The van der Waals surface area contributed by atoms with Gasteiger partial charge >= 0.3 is 0 Å². The van der Waals surface area contributed by atoms with Crippen molar-refractivity contribution in [1.82, 2.24) is 4.90 Å². The minimum atomic E-state index is -0.122. The van der Waals surface area contributed by atoms with Crippen LogP contribution in [0.2, 0.25) is 0 Å². The van der Waals surface area contributed by atoms with E-state index in [2.05, 4.69) is 6.08 Å². The number of aryl methyl sites for hydroxylation is 1. The number of rotatable bonds is 4. The fourth-order valence-corrected chi connectivity index (χ4v) is 3.68. The molecule has 0 fully saturated rings. The lowest BCUT2D eigenvalue weighted by Crippen LogP contribution is -2.42. The van der Waals surface area contributed by atoms with Crippen LogP contribution >= 0.6 is 0 Å². The number of carbonyl (C=O) groups is 1. The highest BCUT2D eigenvalue weighted by atomic mass is 16.5. The van der Waals surface area contributed by atoms with Crippen molar-refractivity contribution in [3.05, 3.63) is 46.2 Å². The van der Waals surface area contributed by atoms with Gasteiger partial charge in [0.15, 0.2) is 11.5 Å². The van der Waals surface area contributed by atoms with Crippen LogP contribution < -0.4 is 0 Å². The largest absolute Gasteiger partial charge is 0.504 e. The van der Waals surface area contributed by atoms with Crippen LogP contribution in [-0.2, 0) is 16.0 Å². The van der Waals surface area contributed by atoms with Gasteiger partial charge in [-0.15, -0.1) is 0 Å². The Labute approximate surface area is 141 Å². The second-order valence-electron chi connectivity index (χ2n) is 6.46. The van der Waals surface area contributed by atoms with E-state index in [9.17, 15) is 15.0 Å². The standard InChI is InChI=1S/C19H23NO4/c1-12-7-18(22)19(23)10-14(12)9-17-16-4-3-15(24-2)8-13(16)5-6-20(17)11-21/h3,7,10-11,17,22-23H,4-6,8-9H2,1-2H3. The number of nitrogens with zero attached hydrogens (tertiary/aromatic N) is 1. The van der Waals surface area contributed by atoms with Gasteiger partial charge in [-0.05, 0) is 61.1 Å². The molecule has 1 unspecified atom stereocenters. The molecule has 2 N–H and O–H groups in total. The Hall–Kier alpha value is -2.43. The molecule has 0 spiro atoms. The van der Waals surface area contributed by atoms with Crippen molar-refractivity contribution in [3.63, 3.8) is 0 Å². The summed E-state index contributed by atoms with van der Waals surface area (Å²) in [5.74, 6) is 0.756. The molecule has 2 aliphatic rings. The Morgan fingerprint density at radius 1 is 1.33 bits per heavy atom. The summed E-state index contributed by atoms with van der Waals surface area (Å²) < 4.78 is 5.38.